The minimum Gasteiger partial charge on any atom is -0.489 e. The van der Waals surface area contributed by atoms with E-state index in [9.17, 15) is 0 Å². The van der Waals surface area contributed by atoms with Gasteiger partial charge in [-0.15, -0.1) is 0 Å². The molecule has 7 rings (SSSR count). The van der Waals surface area contributed by atoms with Crippen LogP contribution in [0.4, 0.5) is 5.95 Å². The molecule has 1 atom stereocenters. The number of hydrogen-bond donors (Lipinski definition) is 2. The molecule has 2 aliphatic rings. The first-order valence-electron chi connectivity index (χ1n) is 11.8. The summed E-state index contributed by atoms with van der Waals surface area (Å²) in [5.74, 6) is 3.08. The normalized spacial score (nSPS) is 16.8. The molecule has 10 heteroatoms. The molecular weight excluding hydrogens is 458 g/mol. The van der Waals surface area contributed by atoms with Crippen molar-refractivity contribution >= 4 is 28.6 Å². The molecule has 0 unspecified atom stereocenters. The van der Waals surface area contributed by atoms with Crippen LogP contribution in [0.5, 0.6) is 17.2 Å². The molecule has 2 aliphatic heterocycles. The average molecular weight is 482 g/mol. The molecule has 0 spiro atoms. The molecule has 2 aromatic carbocycles. The molecule has 0 aliphatic carbocycles. The minimum atomic E-state index is -0.386. The van der Waals surface area contributed by atoms with Crippen LogP contribution in [0.25, 0.3) is 16.7 Å². The van der Waals surface area contributed by atoms with Gasteiger partial charge in [0.2, 0.25) is 5.95 Å². The Labute approximate surface area is 206 Å². The molecule has 5 aromatic rings. The summed E-state index contributed by atoms with van der Waals surface area (Å²) in [5.41, 5.74) is 10.5. The second-order valence-corrected chi connectivity index (χ2v) is 8.71. The molecule has 3 aromatic heterocycles. The van der Waals surface area contributed by atoms with Crippen molar-refractivity contribution in [2.45, 2.75) is 19.2 Å². The highest BCUT2D eigenvalue weighted by molar-refractivity contribution is 5.95. The Hall–Kier alpha value is -4.73. The van der Waals surface area contributed by atoms with Gasteiger partial charge in [0.1, 0.15) is 18.0 Å². The van der Waals surface area contributed by atoms with E-state index in [1.165, 1.54) is 0 Å². The molecule has 0 amide bonds. The molecular formula is C26H23N7O3. The second-order valence-electron chi connectivity index (χ2n) is 8.71. The van der Waals surface area contributed by atoms with E-state index in [4.69, 9.17) is 24.9 Å². The summed E-state index contributed by atoms with van der Waals surface area (Å²) in [6.07, 6.45) is 4.39. The lowest BCUT2D eigenvalue weighted by Crippen LogP contribution is -2.31. The van der Waals surface area contributed by atoms with Gasteiger partial charge in [0.25, 0.3) is 0 Å². The van der Waals surface area contributed by atoms with Crippen LogP contribution < -0.4 is 25.3 Å². The molecule has 10 nitrogen and oxygen atoms in total. The van der Waals surface area contributed by atoms with Gasteiger partial charge in [0.15, 0.2) is 23.6 Å². The van der Waals surface area contributed by atoms with Crippen LogP contribution in [0.2, 0.25) is 0 Å². The van der Waals surface area contributed by atoms with Gasteiger partial charge in [-0.3, -0.25) is 9.88 Å². The van der Waals surface area contributed by atoms with E-state index in [0.29, 0.717) is 43.2 Å². The number of aromatic nitrogens is 4. The number of nitrogens with two attached hydrogens (primary N) is 1. The third-order valence-electron chi connectivity index (χ3n) is 6.28. The van der Waals surface area contributed by atoms with Crippen LogP contribution in [0.1, 0.15) is 23.8 Å². The maximum absolute atomic E-state index is 6.12. The number of nitrogens with one attached hydrogen (secondary N) is 1. The zero-order chi connectivity index (χ0) is 24.1. The number of anilines is 1. The van der Waals surface area contributed by atoms with Gasteiger partial charge in [-0.2, -0.15) is 0 Å². The number of guanidine groups is 1. The van der Waals surface area contributed by atoms with Gasteiger partial charge in [-0.25, -0.2) is 15.0 Å². The van der Waals surface area contributed by atoms with Crippen molar-refractivity contribution in [1.29, 1.82) is 0 Å². The summed E-state index contributed by atoms with van der Waals surface area (Å²) < 4.78 is 21.7. The summed E-state index contributed by atoms with van der Waals surface area (Å²) in [6.45, 7) is 1.61. The third-order valence-corrected chi connectivity index (χ3v) is 6.28. The number of hydrogen-bond acceptors (Lipinski definition) is 8. The first kappa shape index (κ1) is 20.6. The molecule has 0 fully saturated rings. The van der Waals surface area contributed by atoms with Gasteiger partial charge >= 0.3 is 0 Å². The van der Waals surface area contributed by atoms with Crippen molar-refractivity contribution in [3.05, 3.63) is 78.2 Å². The topological polar surface area (TPSA) is 113 Å². The Morgan fingerprint density at radius 2 is 1.86 bits per heavy atom. The fourth-order valence-corrected chi connectivity index (χ4v) is 4.60. The van der Waals surface area contributed by atoms with Gasteiger partial charge in [-0.05, 0) is 29.8 Å². The molecule has 0 saturated carbocycles. The Morgan fingerprint density at radius 3 is 2.69 bits per heavy atom. The molecule has 0 bridgehead atoms. The van der Waals surface area contributed by atoms with E-state index >= 15 is 0 Å². The summed E-state index contributed by atoms with van der Waals surface area (Å²) in [6, 6.07) is 17.6. The first-order chi connectivity index (χ1) is 17.7. The summed E-state index contributed by atoms with van der Waals surface area (Å²) in [5, 5.41) is 3.08. The Balaban J connectivity index is 1.18. The minimum absolute atomic E-state index is 0.309. The van der Waals surface area contributed by atoms with Crippen molar-refractivity contribution in [3.63, 3.8) is 0 Å². The van der Waals surface area contributed by atoms with E-state index in [1.807, 2.05) is 76.0 Å². The number of nitrogens with zero attached hydrogens (tertiary/aromatic N) is 5. The number of benzene rings is 2. The Morgan fingerprint density at radius 1 is 1.03 bits per heavy atom. The molecule has 180 valence electrons. The van der Waals surface area contributed by atoms with Crippen molar-refractivity contribution in [1.82, 2.24) is 18.9 Å². The average Bonchev–Trinajstić information content (AvgIpc) is 3.38. The highest BCUT2D eigenvalue weighted by atomic mass is 16.5. The third kappa shape index (κ3) is 3.54. The van der Waals surface area contributed by atoms with Crippen molar-refractivity contribution in [3.8, 4) is 17.2 Å². The predicted molar refractivity (Wildman–Crippen MR) is 135 cm³/mol. The second kappa shape index (κ2) is 8.19. The predicted octanol–water partition coefficient (Wildman–Crippen LogP) is 3.71. The lowest BCUT2D eigenvalue weighted by Gasteiger charge is -2.24. The summed E-state index contributed by atoms with van der Waals surface area (Å²) >= 11 is 0. The van der Waals surface area contributed by atoms with Gasteiger partial charge in [0, 0.05) is 30.9 Å². The van der Waals surface area contributed by atoms with Crippen molar-refractivity contribution < 1.29 is 14.2 Å². The van der Waals surface area contributed by atoms with E-state index in [-0.39, 0.29) is 6.17 Å². The summed E-state index contributed by atoms with van der Waals surface area (Å²) in [7, 11) is 0. The first-order valence-corrected chi connectivity index (χ1v) is 11.8. The maximum atomic E-state index is 6.12. The number of ether oxygens (including phenoxy) is 3. The molecule has 3 N–H and O–H groups in total. The Kier molecular flexibility index (Phi) is 4.69. The number of fused-ring (bicyclic) bond motifs is 5. The van der Waals surface area contributed by atoms with Crippen LogP contribution >= 0.6 is 0 Å². The van der Waals surface area contributed by atoms with E-state index in [0.717, 1.165) is 40.1 Å². The fourth-order valence-electron chi connectivity index (χ4n) is 4.60. The lowest BCUT2D eigenvalue weighted by molar-refractivity contribution is 0.297. The number of imidazole rings is 2. The van der Waals surface area contributed by atoms with Crippen molar-refractivity contribution in [2.24, 2.45) is 10.7 Å². The van der Waals surface area contributed by atoms with Crippen molar-refractivity contribution in [2.75, 3.05) is 18.5 Å². The number of aliphatic imine (C=N–C) groups is 1. The molecule has 0 radical (unpaired) electrons. The Bertz CT molecular complexity index is 1590. The zero-order valence-corrected chi connectivity index (χ0v) is 19.3. The monoisotopic (exact) mass is 481 g/mol. The quantitative estimate of drug-likeness (QED) is 0.402. The van der Waals surface area contributed by atoms with Gasteiger partial charge < -0.3 is 24.3 Å². The fraction of sp³-hybridized carbons (Fsp3) is 0.192. The van der Waals surface area contributed by atoms with E-state index < -0.39 is 0 Å². The molecule has 0 saturated heterocycles. The summed E-state index contributed by atoms with van der Waals surface area (Å²) in [4.78, 5) is 14.0. The van der Waals surface area contributed by atoms with Gasteiger partial charge in [0.05, 0.1) is 29.9 Å². The van der Waals surface area contributed by atoms with Crippen LogP contribution in [-0.4, -0.2) is 38.1 Å². The zero-order valence-electron chi connectivity index (χ0n) is 19.3. The molecule has 36 heavy (non-hydrogen) atoms. The van der Waals surface area contributed by atoms with Crippen LogP contribution in [0.3, 0.4) is 0 Å². The van der Waals surface area contributed by atoms with Gasteiger partial charge in [-0.1, -0.05) is 18.2 Å². The highest BCUT2D eigenvalue weighted by Gasteiger charge is 2.27. The highest BCUT2D eigenvalue weighted by Crippen LogP contribution is 2.39. The lowest BCUT2D eigenvalue weighted by atomic mass is 10.1. The van der Waals surface area contributed by atoms with Crippen LogP contribution in [0, 0.1) is 0 Å². The maximum Gasteiger partial charge on any atom is 0.212 e. The number of pyridine rings is 1. The SMILES string of the molecule is NC1=N[C@@H](c2ccc(OCc3cn4ccccc4n3)cc2)n2c(nc3cc4c(cc32)OCCCO4)N1. The van der Waals surface area contributed by atoms with E-state index in [1.54, 1.807) is 0 Å². The smallest absolute Gasteiger partial charge is 0.212 e. The van der Waals surface area contributed by atoms with Crippen LogP contribution in [0.15, 0.2) is 72.0 Å². The molecule has 5 heterocycles. The standard InChI is InChI=1S/C26H23N7O3/c27-25-30-24(33-20-13-22-21(34-10-3-11-35-22)12-19(20)29-26(33)31-25)16-5-7-18(8-6-16)36-15-17-14-32-9-2-1-4-23(32)28-17/h1-2,4-9,12-14,24H,3,10-11,15H2,(H3,27,29,30,31)/t24-/m1/s1. The van der Waals surface area contributed by atoms with E-state index in [2.05, 4.69) is 15.3 Å². The van der Waals surface area contributed by atoms with Crippen LogP contribution in [-0.2, 0) is 6.61 Å². The largest absolute Gasteiger partial charge is 0.489 e. The number of rotatable bonds is 4.